The van der Waals surface area contributed by atoms with Crippen molar-refractivity contribution in [2.45, 2.75) is 32.2 Å². The predicted molar refractivity (Wildman–Crippen MR) is 65.4 cm³/mol. The molecule has 1 aliphatic heterocycles. The van der Waals surface area contributed by atoms with Crippen LogP contribution < -0.4 is 10.2 Å². The Morgan fingerprint density at radius 3 is 2.47 bits per heavy atom. The monoisotopic (exact) mass is 274 g/mol. The highest BCUT2D eigenvalue weighted by molar-refractivity contribution is 5.33. The molecule has 0 saturated carbocycles. The molecule has 2 rings (SSSR count). The molecule has 3 nitrogen and oxygen atoms in total. The summed E-state index contributed by atoms with van der Waals surface area (Å²) in [5.74, 6) is -0.139. The van der Waals surface area contributed by atoms with Crippen molar-refractivity contribution in [2.24, 2.45) is 0 Å². The molecule has 1 saturated heterocycles. The normalized spacial score (nSPS) is 17.4. The maximum absolute atomic E-state index is 12.3. The molecule has 0 spiro atoms. The molecule has 0 atom stereocenters. The average Bonchev–Trinajstić information content (AvgIpc) is 2.37. The van der Waals surface area contributed by atoms with Gasteiger partial charge < -0.3 is 4.74 Å². The largest absolute Gasteiger partial charge is 0.573 e. The lowest BCUT2D eigenvalue weighted by Gasteiger charge is -2.27. The van der Waals surface area contributed by atoms with E-state index in [1.807, 2.05) is 5.01 Å². The molecule has 0 aliphatic carbocycles. The van der Waals surface area contributed by atoms with Gasteiger partial charge in [0.1, 0.15) is 5.75 Å². The zero-order chi connectivity index (χ0) is 13.7. The van der Waals surface area contributed by atoms with Crippen LogP contribution in [0.5, 0.6) is 5.75 Å². The van der Waals surface area contributed by atoms with E-state index in [0.29, 0.717) is 12.1 Å². The van der Waals surface area contributed by atoms with E-state index in [2.05, 4.69) is 10.2 Å². The van der Waals surface area contributed by atoms with Crippen LogP contribution in [0, 0.1) is 0 Å². The minimum Gasteiger partial charge on any atom is -0.405 e. The quantitative estimate of drug-likeness (QED) is 0.913. The molecule has 0 radical (unpaired) electrons. The minimum atomic E-state index is -4.65. The van der Waals surface area contributed by atoms with Crippen LogP contribution >= 0.6 is 0 Å². The summed E-state index contributed by atoms with van der Waals surface area (Å²) < 4.78 is 40.8. The molecule has 0 bridgehead atoms. The van der Waals surface area contributed by atoms with Crippen molar-refractivity contribution in [1.82, 2.24) is 10.4 Å². The van der Waals surface area contributed by atoms with Gasteiger partial charge in [-0.1, -0.05) is 24.6 Å². The number of piperidine rings is 1. The van der Waals surface area contributed by atoms with E-state index in [-0.39, 0.29) is 5.75 Å². The molecule has 106 valence electrons. The minimum absolute atomic E-state index is 0.139. The van der Waals surface area contributed by atoms with Crippen molar-refractivity contribution in [3.05, 3.63) is 29.8 Å². The molecule has 0 aromatic heterocycles. The van der Waals surface area contributed by atoms with E-state index in [1.165, 1.54) is 18.6 Å². The van der Waals surface area contributed by atoms with Gasteiger partial charge in [0.05, 0.1) is 0 Å². The Hall–Kier alpha value is -1.27. The van der Waals surface area contributed by atoms with Crippen LogP contribution in [-0.2, 0) is 6.54 Å². The summed E-state index contributed by atoms with van der Waals surface area (Å²) in [5, 5.41) is 2.05. The number of alkyl halides is 3. The van der Waals surface area contributed by atoms with Gasteiger partial charge in [0.25, 0.3) is 0 Å². The van der Waals surface area contributed by atoms with Crippen LogP contribution in [0.1, 0.15) is 24.8 Å². The van der Waals surface area contributed by atoms with E-state index in [1.54, 1.807) is 12.1 Å². The summed E-state index contributed by atoms with van der Waals surface area (Å²) in [6.07, 6.45) is -1.20. The summed E-state index contributed by atoms with van der Waals surface area (Å²) >= 11 is 0. The first-order valence-corrected chi connectivity index (χ1v) is 6.37. The standard InChI is InChI=1S/C13H17F3N2O/c14-13(15,16)19-12-7-3-2-6-11(12)10-17-18-8-4-1-5-9-18/h2-3,6-7,17H,1,4-5,8-10H2. The molecule has 0 unspecified atom stereocenters. The molecular weight excluding hydrogens is 257 g/mol. The first-order valence-electron chi connectivity index (χ1n) is 6.37. The van der Waals surface area contributed by atoms with Gasteiger partial charge in [-0.15, -0.1) is 13.2 Å². The highest BCUT2D eigenvalue weighted by Gasteiger charge is 2.31. The highest BCUT2D eigenvalue weighted by atomic mass is 19.4. The van der Waals surface area contributed by atoms with Gasteiger partial charge in [-0.3, -0.25) is 5.43 Å². The van der Waals surface area contributed by atoms with Crippen molar-refractivity contribution in [3.8, 4) is 5.75 Å². The van der Waals surface area contributed by atoms with Crippen molar-refractivity contribution >= 4 is 0 Å². The van der Waals surface area contributed by atoms with Crippen LogP contribution in [0.3, 0.4) is 0 Å². The van der Waals surface area contributed by atoms with Crippen LogP contribution in [0.4, 0.5) is 13.2 Å². The molecule has 1 aliphatic rings. The van der Waals surface area contributed by atoms with E-state index >= 15 is 0 Å². The first-order chi connectivity index (χ1) is 9.04. The third-order valence-corrected chi connectivity index (χ3v) is 3.05. The smallest absolute Gasteiger partial charge is 0.405 e. The number of para-hydroxylation sites is 1. The summed E-state index contributed by atoms with van der Waals surface area (Å²) in [4.78, 5) is 0. The lowest BCUT2D eigenvalue weighted by molar-refractivity contribution is -0.274. The van der Waals surface area contributed by atoms with Crippen LogP contribution in [0.2, 0.25) is 0 Å². The van der Waals surface area contributed by atoms with Gasteiger partial charge in [-0.25, -0.2) is 5.01 Å². The van der Waals surface area contributed by atoms with E-state index in [0.717, 1.165) is 25.9 Å². The fourth-order valence-corrected chi connectivity index (χ4v) is 2.12. The molecule has 1 aromatic rings. The summed E-state index contributed by atoms with van der Waals surface area (Å²) in [6, 6.07) is 6.21. The summed E-state index contributed by atoms with van der Waals surface area (Å²) in [5.41, 5.74) is 3.66. The topological polar surface area (TPSA) is 24.5 Å². The van der Waals surface area contributed by atoms with Gasteiger partial charge in [-0.2, -0.15) is 0 Å². The lowest BCUT2D eigenvalue weighted by atomic mass is 10.1. The Morgan fingerprint density at radius 2 is 1.79 bits per heavy atom. The Balaban J connectivity index is 1.95. The van der Waals surface area contributed by atoms with E-state index in [9.17, 15) is 13.2 Å². The number of nitrogens with zero attached hydrogens (tertiary/aromatic N) is 1. The molecule has 1 N–H and O–H groups in total. The number of benzene rings is 1. The number of hydrazine groups is 1. The molecule has 1 fully saturated rings. The number of nitrogens with one attached hydrogen (secondary N) is 1. The van der Waals surface area contributed by atoms with Crippen molar-refractivity contribution in [3.63, 3.8) is 0 Å². The SMILES string of the molecule is FC(F)(F)Oc1ccccc1CNN1CCCCC1. The Kier molecular flexibility index (Phi) is 4.66. The average molecular weight is 274 g/mol. The third-order valence-electron chi connectivity index (χ3n) is 3.05. The molecule has 19 heavy (non-hydrogen) atoms. The number of ether oxygens (including phenoxy) is 1. The van der Waals surface area contributed by atoms with Crippen molar-refractivity contribution < 1.29 is 17.9 Å². The predicted octanol–water partition coefficient (Wildman–Crippen LogP) is 3.08. The molecule has 6 heteroatoms. The van der Waals surface area contributed by atoms with Crippen LogP contribution in [-0.4, -0.2) is 24.5 Å². The van der Waals surface area contributed by atoms with Gasteiger partial charge in [0, 0.05) is 25.2 Å². The number of halogens is 3. The molecule has 1 aromatic carbocycles. The molecule has 1 heterocycles. The Labute approximate surface area is 110 Å². The number of rotatable bonds is 4. The van der Waals surface area contributed by atoms with Gasteiger partial charge in [0.2, 0.25) is 0 Å². The fraction of sp³-hybridized carbons (Fsp3) is 0.538. The third kappa shape index (κ3) is 4.72. The van der Waals surface area contributed by atoms with Crippen LogP contribution in [0.15, 0.2) is 24.3 Å². The second-order valence-electron chi connectivity index (χ2n) is 4.54. The second-order valence-corrected chi connectivity index (χ2v) is 4.54. The van der Waals surface area contributed by atoms with E-state index in [4.69, 9.17) is 0 Å². The van der Waals surface area contributed by atoms with Gasteiger partial charge in [0.15, 0.2) is 0 Å². The summed E-state index contributed by atoms with van der Waals surface area (Å²) in [7, 11) is 0. The maximum Gasteiger partial charge on any atom is 0.573 e. The highest BCUT2D eigenvalue weighted by Crippen LogP contribution is 2.26. The fourth-order valence-electron chi connectivity index (χ4n) is 2.12. The molecule has 0 amide bonds. The van der Waals surface area contributed by atoms with E-state index < -0.39 is 6.36 Å². The first kappa shape index (κ1) is 14.1. The Bertz CT molecular complexity index is 403. The van der Waals surface area contributed by atoms with Crippen LogP contribution in [0.25, 0.3) is 0 Å². The lowest BCUT2D eigenvalue weighted by Crippen LogP contribution is -2.41. The summed E-state index contributed by atoms with van der Waals surface area (Å²) in [6.45, 7) is 2.21. The maximum atomic E-state index is 12.3. The zero-order valence-corrected chi connectivity index (χ0v) is 10.5. The van der Waals surface area contributed by atoms with Gasteiger partial charge >= 0.3 is 6.36 Å². The molecular formula is C13H17F3N2O. The van der Waals surface area contributed by atoms with Crippen molar-refractivity contribution in [1.29, 1.82) is 0 Å². The Morgan fingerprint density at radius 1 is 1.11 bits per heavy atom. The zero-order valence-electron chi connectivity index (χ0n) is 10.5. The second kappa shape index (κ2) is 6.25. The van der Waals surface area contributed by atoms with Gasteiger partial charge in [-0.05, 0) is 18.9 Å². The number of hydrogen-bond donors (Lipinski definition) is 1. The number of hydrogen-bond acceptors (Lipinski definition) is 3. The van der Waals surface area contributed by atoms with Crippen molar-refractivity contribution in [2.75, 3.05) is 13.1 Å².